The van der Waals surface area contributed by atoms with Gasteiger partial charge < -0.3 is 24.6 Å². The summed E-state index contributed by atoms with van der Waals surface area (Å²) in [5.41, 5.74) is 2.01. The Morgan fingerprint density at radius 1 is 0.885 bits per heavy atom. The van der Waals surface area contributed by atoms with E-state index < -0.39 is 0 Å². The summed E-state index contributed by atoms with van der Waals surface area (Å²) >= 11 is 0. The van der Waals surface area contributed by atoms with Crippen molar-refractivity contribution in [1.82, 2.24) is 24.6 Å². The molecule has 0 radical (unpaired) electrons. The average Bonchev–Trinajstić information content (AvgIpc) is 3.25. The Labute approximate surface area is 169 Å². The van der Waals surface area contributed by atoms with Gasteiger partial charge in [-0.3, -0.25) is 0 Å². The van der Waals surface area contributed by atoms with Gasteiger partial charge in [-0.05, 0) is 50.7 Å². The molecule has 5 nitrogen and oxygen atoms in total. The second-order valence-electron chi connectivity index (χ2n) is 5.82. The summed E-state index contributed by atoms with van der Waals surface area (Å²) in [6.45, 7) is 4.97. The van der Waals surface area contributed by atoms with Crippen LogP contribution in [0.4, 0.5) is 0 Å². The van der Waals surface area contributed by atoms with Crippen molar-refractivity contribution in [2.24, 2.45) is 0 Å². The summed E-state index contributed by atoms with van der Waals surface area (Å²) in [5, 5.41) is 0. The molecule has 0 fully saturated rings. The molecule has 0 aliphatic carbocycles. The van der Waals surface area contributed by atoms with Crippen molar-refractivity contribution in [2.75, 3.05) is 20.8 Å². The summed E-state index contributed by atoms with van der Waals surface area (Å²) in [4.78, 5) is 12.5. The van der Waals surface area contributed by atoms with E-state index in [2.05, 4.69) is 46.6 Å². The predicted molar refractivity (Wildman–Crippen MR) is 99.5 cm³/mol. The average molecular weight is 525 g/mol. The van der Waals surface area contributed by atoms with E-state index in [4.69, 9.17) is 0 Å². The molecule has 3 heterocycles. The number of aromatic nitrogens is 1. The summed E-state index contributed by atoms with van der Waals surface area (Å²) < 4.78 is 0. The smallest absolute Gasteiger partial charge is 0.511 e. The van der Waals surface area contributed by atoms with Crippen molar-refractivity contribution in [1.29, 1.82) is 0 Å². The van der Waals surface area contributed by atoms with Gasteiger partial charge in [-0.15, -0.1) is 35.9 Å². The molecule has 0 bridgehead atoms. The van der Waals surface area contributed by atoms with Crippen molar-refractivity contribution >= 4 is 0 Å². The van der Waals surface area contributed by atoms with Gasteiger partial charge >= 0.3 is 20.1 Å². The minimum absolute atomic E-state index is 0. The second-order valence-corrected chi connectivity index (χ2v) is 5.82. The van der Waals surface area contributed by atoms with Crippen LogP contribution in [-0.2, 0) is 20.1 Å². The van der Waals surface area contributed by atoms with Crippen molar-refractivity contribution in [2.45, 2.75) is 0 Å². The topological polar surface area (TPSA) is 25.9 Å². The number of rotatable bonds is 3. The number of hydrogen-bond acceptors (Lipinski definition) is 5. The molecule has 0 atom stereocenters. The van der Waals surface area contributed by atoms with Gasteiger partial charge in [0.2, 0.25) is 0 Å². The van der Waals surface area contributed by atoms with E-state index in [0.717, 1.165) is 17.9 Å². The van der Waals surface area contributed by atoms with Crippen LogP contribution >= 0.6 is 0 Å². The van der Waals surface area contributed by atoms with Gasteiger partial charge in [0, 0.05) is 12.9 Å². The van der Waals surface area contributed by atoms with Gasteiger partial charge in [-0.1, -0.05) is 12.1 Å². The number of benzene rings is 1. The molecule has 2 aromatic rings. The molecule has 136 valence electrons. The zero-order valence-electron chi connectivity index (χ0n) is 14.9. The Kier molecular flexibility index (Phi) is 7.70. The minimum atomic E-state index is 0. The fourth-order valence-electron chi connectivity index (χ4n) is 2.43. The summed E-state index contributed by atoms with van der Waals surface area (Å²) in [6, 6.07) is 16.8. The molecule has 0 spiro atoms. The molecular formula is C20H22IrN5. The molecule has 0 amide bonds. The minimum Gasteiger partial charge on any atom is -0.511 e. The summed E-state index contributed by atoms with van der Waals surface area (Å²) in [5.74, 6) is 0. The Bertz CT molecular complexity index is 643. The molecule has 6 heteroatoms. The first-order valence-electron chi connectivity index (χ1n) is 8.11. The second kappa shape index (κ2) is 10.00. The van der Waals surface area contributed by atoms with E-state index >= 15 is 0 Å². The van der Waals surface area contributed by atoms with Crippen LogP contribution in [0, 0.1) is 19.4 Å². The first-order valence-corrected chi connectivity index (χ1v) is 8.11. The fourth-order valence-corrected chi connectivity index (χ4v) is 2.43. The maximum atomic E-state index is 4.22. The molecule has 1 aromatic carbocycles. The first-order chi connectivity index (χ1) is 12.2. The van der Waals surface area contributed by atoms with Crippen LogP contribution in [0.5, 0.6) is 0 Å². The summed E-state index contributed by atoms with van der Waals surface area (Å²) in [6.07, 6.45) is 9.96. The maximum Gasteiger partial charge on any atom is 3.00 e. The van der Waals surface area contributed by atoms with Gasteiger partial charge in [-0.25, -0.2) is 0 Å². The van der Waals surface area contributed by atoms with E-state index in [0.29, 0.717) is 0 Å². The number of hydrogen-bond donors (Lipinski definition) is 0. The van der Waals surface area contributed by atoms with Gasteiger partial charge in [0.15, 0.2) is 0 Å². The number of nitrogens with zero attached hydrogens (tertiary/aromatic N) is 5. The molecule has 2 aliphatic heterocycles. The quantitative estimate of drug-likeness (QED) is 0.575. The predicted octanol–water partition coefficient (Wildman–Crippen LogP) is 3.17. The van der Waals surface area contributed by atoms with Gasteiger partial charge in [-0.2, -0.15) is 13.3 Å². The zero-order valence-corrected chi connectivity index (χ0v) is 17.3. The molecule has 1 aromatic heterocycles. The molecule has 0 N–H and O–H groups in total. The van der Waals surface area contributed by atoms with E-state index in [1.54, 1.807) is 6.20 Å². The van der Waals surface area contributed by atoms with Crippen LogP contribution in [0.2, 0.25) is 0 Å². The third kappa shape index (κ3) is 5.90. The van der Waals surface area contributed by atoms with Crippen molar-refractivity contribution < 1.29 is 20.1 Å². The van der Waals surface area contributed by atoms with E-state index in [9.17, 15) is 0 Å². The molecule has 4 rings (SSSR count). The SMILES string of the molecule is CN1C=CN(CN2C=CN(C)[CH-]2)[CH-]1.[Ir+3].[c-]1ccccc1-c1ccccn1. The van der Waals surface area contributed by atoms with Crippen LogP contribution in [0.25, 0.3) is 11.3 Å². The Hall–Kier alpha value is -2.30. The van der Waals surface area contributed by atoms with Gasteiger partial charge in [0.05, 0.1) is 0 Å². The Morgan fingerprint density at radius 3 is 2.00 bits per heavy atom. The molecule has 0 unspecified atom stereocenters. The molecule has 2 aliphatic rings. The zero-order chi connectivity index (χ0) is 17.5. The van der Waals surface area contributed by atoms with Crippen LogP contribution in [-0.4, -0.2) is 45.3 Å². The third-order valence-corrected chi connectivity index (χ3v) is 3.62. The largest absolute Gasteiger partial charge is 3.00 e. The number of pyridine rings is 1. The monoisotopic (exact) mass is 525 g/mol. The Morgan fingerprint density at radius 2 is 1.54 bits per heavy atom. The first kappa shape index (κ1) is 20.0. The van der Waals surface area contributed by atoms with Crippen LogP contribution < -0.4 is 0 Å². The van der Waals surface area contributed by atoms with E-state index in [-0.39, 0.29) is 20.1 Å². The van der Waals surface area contributed by atoms with Crippen LogP contribution in [0.15, 0.2) is 73.5 Å². The molecular weight excluding hydrogens is 502 g/mol. The van der Waals surface area contributed by atoms with Crippen molar-refractivity contribution in [3.05, 3.63) is 92.9 Å². The fraction of sp³-hybridized carbons (Fsp3) is 0.150. The normalized spacial score (nSPS) is 15.0. The Balaban J connectivity index is 0.000000180. The summed E-state index contributed by atoms with van der Waals surface area (Å²) in [7, 11) is 4.04. The van der Waals surface area contributed by atoms with Gasteiger partial charge in [0.1, 0.15) is 0 Å². The van der Waals surface area contributed by atoms with Crippen molar-refractivity contribution in [3.63, 3.8) is 0 Å². The molecule has 0 saturated carbocycles. The van der Waals surface area contributed by atoms with E-state index in [1.807, 2.05) is 78.8 Å². The van der Waals surface area contributed by atoms with E-state index in [1.165, 1.54) is 0 Å². The molecule has 26 heavy (non-hydrogen) atoms. The van der Waals surface area contributed by atoms with Crippen molar-refractivity contribution in [3.8, 4) is 11.3 Å². The maximum absolute atomic E-state index is 4.22. The van der Waals surface area contributed by atoms with Gasteiger partial charge in [0.25, 0.3) is 0 Å². The standard InChI is InChI=1S/C11H8N.C9H14N4.Ir/c1-2-6-10(7-3-1)11-8-4-5-9-12-11;1-10-3-5-12(7-10)9-13-6-4-11(2)8-13;/h1-6,8-9H;3-8H,9H2,1-2H3;/q-1;-2;+3. The third-order valence-electron chi connectivity index (χ3n) is 3.62. The van der Waals surface area contributed by atoms with Crippen LogP contribution in [0.3, 0.4) is 0 Å². The molecule has 0 saturated heterocycles. The van der Waals surface area contributed by atoms with Crippen LogP contribution in [0.1, 0.15) is 0 Å².